The van der Waals surface area contributed by atoms with Gasteiger partial charge in [-0.25, -0.2) is 4.79 Å². The van der Waals surface area contributed by atoms with Crippen LogP contribution in [0.3, 0.4) is 0 Å². The Hall–Kier alpha value is -0.770. The number of aliphatic hydroxyl groups excluding tert-OH is 1. The summed E-state index contributed by atoms with van der Waals surface area (Å²) in [5.74, 6) is -1.38. The number of hydrogen-bond acceptors (Lipinski definition) is 2. The Morgan fingerprint density at radius 1 is 1.43 bits per heavy atom. The van der Waals surface area contributed by atoms with Gasteiger partial charge in [0.2, 0.25) is 0 Å². The SMILES string of the molecule is Cc1ccc(Cl)c([C@@H](O)C(=O)O)c1Cl. The Morgan fingerprint density at radius 3 is 2.50 bits per heavy atom. The summed E-state index contributed by atoms with van der Waals surface area (Å²) in [4.78, 5) is 10.5. The lowest BCUT2D eigenvalue weighted by atomic mass is 10.1. The summed E-state index contributed by atoms with van der Waals surface area (Å²) in [6.45, 7) is 1.71. The van der Waals surface area contributed by atoms with Crippen LogP contribution in [0.4, 0.5) is 0 Å². The van der Waals surface area contributed by atoms with Gasteiger partial charge in [-0.15, -0.1) is 0 Å². The molecule has 0 aliphatic carbocycles. The van der Waals surface area contributed by atoms with Gasteiger partial charge in [-0.1, -0.05) is 29.3 Å². The molecule has 5 heteroatoms. The van der Waals surface area contributed by atoms with Crippen LogP contribution >= 0.6 is 23.2 Å². The van der Waals surface area contributed by atoms with E-state index in [0.29, 0.717) is 5.56 Å². The molecule has 14 heavy (non-hydrogen) atoms. The Morgan fingerprint density at radius 2 is 2.00 bits per heavy atom. The largest absolute Gasteiger partial charge is 0.479 e. The lowest BCUT2D eigenvalue weighted by Crippen LogP contribution is -2.12. The molecule has 0 saturated heterocycles. The van der Waals surface area contributed by atoms with Crippen molar-refractivity contribution in [2.24, 2.45) is 0 Å². The Kier molecular flexibility index (Phi) is 3.37. The van der Waals surface area contributed by atoms with E-state index in [4.69, 9.17) is 28.3 Å². The number of carboxylic acid groups (broad SMARTS) is 1. The molecule has 1 rings (SSSR count). The van der Waals surface area contributed by atoms with Crippen molar-refractivity contribution in [1.82, 2.24) is 0 Å². The van der Waals surface area contributed by atoms with E-state index in [-0.39, 0.29) is 15.6 Å². The van der Waals surface area contributed by atoms with Crippen LogP contribution in [0.1, 0.15) is 17.2 Å². The van der Waals surface area contributed by atoms with Gasteiger partial charge in [0, 0.05) is 10.6 Å². The molecule has 76 valence electrons. The third-order valence-corrected chi connectivity index (χ3v) is 2.66. The molecule has 0 aromatic heterocycles. The van der Waals surface area contributed by atoms with Gasteiger partial charge < -0.3 is 10.2 Å². The first-order valence-electron chi connectivity index (χ1n) is 3.80. The zero-order valence-corrected chi connectivity index (χ0v) is 8.80. The molecule has 0 unspecified atom stereocenters. The molecule has 0 aliphatic rings. The van der Waals surface area contributed by atoms with E-state index < -0.39 is 12.1 Å². The molecule has 2 N–H and O–H groups in total. The predicted octanol–water partition coefficient (Wildman–Crippen LogP) is 2.42. The first-order valence-corrected chi connectivity index (χ1v) is 4.56. The fourth-order valence-electron chi connectivity index (χ4n) is 1.05. The fraction of sp³-hybridized carbons (Fsp3) is 0.222. The molecule has 0 radical (unpaired) electrons. The lowest BCUT2D eigenvalue weighted by molar-refractivity contribution is -0.146. The van der Waals surface area contributed by atoms with Gasteiger partial charge in [-0.05, 0) is 18.6 Å². The minimum atomic E-state index is -1.69. The van der Waals surface area contributed by atoms with Crippen molar-refractivity contribution < 1.29 is 15.0 Å². The van der Waals surface area contributed by atoms with Crippen LogP contribution in [0.5, 0.6) is 0 Å². The standard InChI is InChI=1S/C9H8Cl2O3/c1-4-2-3-5(10)6(7(4)11)8(12)9(13)14/h2-3,8,12H,1H3,(H,13,14)/t8-/m1/s1. The highest BCUT2D eigenvalue weighted by Crippen LogP contribution is 2.32. The van der Waals surface area contributed by atoms with Gasteiger partial charge in [0.25, 0.3) is 0 Å². The van der Waals surface area contributed by atoms with Gasteiger partial charge >= 0.3 is 5.97 Å². The van der Waals surface area contributed by atoms with Crippen molar-refractivity contribution in [2.45, 2.75) is 13.0 Å². The van der Waals surface area contributed by atoms with E-state index in [1.165, 1.54) is 6.07 Å². The normalized spacial score (nSPS) is 12.6. The van der Waals surface area contributed by atoms with Crippen LogP contribution in [-0.4, -0.2) is 16.2 Å². The van der Waals surface area contributed by atoms with E-state index in [1.807, 2.05) is 0 Å². The second-order valence-electron chi connectivity index (χ2n) is 2.83. The van der Waals surface area contributed by atoms with Gasteiger partial charge in [-0.2, -0.15) is 0 Å². The summed E-state index contributed by atoms with van der Waals surface area (Å²) in [5, 5.41) is 18.3. The molecule has 0 heterocycles. The highest BCUT2D eigenvalue weighted by molar-refractivity contribution is 6.36. The number of halogens is 2. The van der Waals surface area contributed by atoms with Crippen molar-refractivity contribution in [1.29, 1.82) is 0 Å². The van der Waals surface area contributed by atoms with E-state index in [9.17, 15) is 9.90 Å². The second-order valence-corrected chi connectivity index (χ2v) is 3.62. The zero-order valence-electron chi connectivity index (χ0n) is 7.29. The monoisotopic (exact) mass is 234 g/mol. The molecule has 0 saturated carbocycles. The summed E-state index contributed by atoms with van der Waals surface area (Å²) in [5.41, 5.74) is 0.715. The van der Waals surface area contributed by atoms with Crippen molar-refractivity contribution in [3.8, 4) is 0 Å². The number of aryl methyl sites for hydroxylation is 1. The minimum absolute atomic E-state index is 0.0424. The van der Waals surface area contributed by atoms with Crippen LogP contribution in [0, 0.1) is 6.92 Å². The summed E-state index contributed by atoms with van der Waals surface area (Å²) in [6.07, 6.45) is -1.69. The third-order valence-electron chi connectivity index (χ3n) is 1.83. The molecular formula is C9H8Cl2O3. The molecule has 3 nitrogen and oxygen atoms in total. The molecule has 1 aromatic rings. The predicted molar refractivity (Wildman–Crippen MR) is 53.8 cm³/mol. The summed E-state index contributed by atoms with van der Waals surface area (Å²) in [7, 11) is 0. The smallest absolute Gasteiger partial charge is 0.337 e. The van der Waals surface area contributed by atoms with Gasteiger partial charge in [-0.3, -0.25) is 0 Å². The average Bonchev–Trinajstić information content (AvgIpc) is 2.12. The maximum absolute atomic E-state index is 10.5. The fourth-order valence-corrected chi connectivity index (χ4v) is 1.63. The van der Waals surface area contributed by atoms with Crippen molar-refractivity contribution in [2.75, 3.05) is 0 Å². The number of aliphatic hydroxyl groups is 1. The molecule has 0 amide bonds. The van der Waals surface area contributed by atoms with Crippen LogP contribution in [0.2, 0.25) is 10.0 Å². The van der Waals surface area contributed by atoms with Crippen LogP contribution in [0.25, 0.3) is 0 Å². The number of aliphatic carboxylic acids is 1. The maximum Gasteiger partial charge on any atom is 0.337 e. The molecule has 1 atom stereocenters. The van der Waals surface area contributed by atoms with Crippen molar-refractivity contribution in [3.05, 3.63) is 33.3 Å². The molecule has 0 aliphatic heterocycles. The number of hydrogen-bond donors (Lipinski definition) is 2. The molecular weight excluding hydrogens is 227 g/mol. The first kappa shape index (κ1) is 11.3. The van der Waals surface area contributed by atoms with Gasteiger partial charge in [0.05, 0.1) is 5.02 Å². The van der Waals surface area contributed by atoms with Crippen molar-refractivity contribution in [3.63, 3.8) is 0 Å². The van der Waals surface area contributed by atoms with Crippen LogP contribution in [-0.2, 0) is 4.79 Å². The number of benzene rings is 1. The van der Waals surface area contributed by atoms with E-state index >= 15 is 0 Å². The highest BCUT2D eigenvalue weighted by atomic mass is 35.5. The number of rotatable bonds is 2. The summed E-state index contributed by atoms with van der Waals surface area (Å²) in [6, 6.07) is 3.16. The van der Waals surface area contributed by atoms with Crippen molar-refractivity contribution >= 4 is 29.2 Å². The van der Waals surface area contributed by atoms with E-state index in [0.717, 1.165) is 0 Å². The summed E-state index contributed by atoms with van der Waals surface area (Å²) < 4.78 is 0. The third kappa shape index (κ3) is 2.00. The van der Waals surface area contributed by atoms with Crippen LogP contribution < -0.4 is 0 Å². The first-order chi connectivity index (χ1) is 6.45. The Labute approximate surface area is 90.9 Å². The minimum Gasteiger partial charge on any atom is -0.479 e. The average molecular weight is 235 g/mol. The lowest BCUT2D eigenvalue weighted by Gasteiger charge is -2.11. The quantitative estimate of drug-likeness (QED) is 0.827. The summed E-state index contributed by atoms with van der Waals surface area (Å²) >= 11 is 11.6. The molecule has 1 aromatic carbocycles. The second kappa shape index (κ2) is 4.17. The van der Waals surface area contributed by atoms with E-state index in [1.54, 1.807) is 13.0 Å². The zero-order chi connectivity index (χ0) is 10.9. The highest BCUT2D eigenvalue weighted by Gasteiger charge is 2.22. The Bertz CT molecular complexity index is 377. The van der Waals surface area contributed by atoms with Gasteiger partial charge in [0.1, 0.15) is 0 Å². The topological polar surface area (TPSA) is 57.5 Å². The van der Waals surface area contributed by atoms with Crippen LogP contribution in [0.15, 0.2) is 12.1 Å². The maximum atomic E-state index is 10.5. The van der Waals surface area contributed by atoms with Gasteiger partial charge in [0.15, 0.2) is 6.10 Å². The number of carboxylic acids is 1. The van der Waals surface area contributed by atoms with E-state index in [2.05, 4.69) is 0 Å². The molecule has 0 spiro atoms. The molecule has 0 bridgehead atoms. The Balaban J connectivity index is 3.32. The molecule has 0 fully saturated rings. The number of carbonyl (C=O) groups is 1.